The number of amides is 1. The average molecular weight is 354 g/mol. The van der Waals surface area contributed by atoms with E-state index >= 15 is 0 Å². The lowest BCUT2D eigenvalue weighted by Crippen LogP contribution is -2.39. The zero-order valence-corrected chi connectivity index (χ0v) is 13.8. The molecule has 0 aliphatic rings. The van der Waals surface area contributed by atoms with E-state index in [0.717, 1.165) is 16.3 Å². The molecule has 1 amide bonds. The van der Waals surface area contributed by atoms with Crippen molar-refractivity contribution in [1.29, 1.82) is 0 Å². The molecule has 0 radical (unpaired) electrons. The summed E-state index contributed by atoms with van der Waals surface area (Å²) >= 11 is 0. The second kappa shape index (κ2) is 7.14. The molecular weight excluding hydrogens is 339 g/mol. The van der Waals surface area contributed by atoms with E-state index < -0.39 is 23.0 Å². The SMILES string of the molecule is Cc1ccnc(NC(=O)c2c[nH]c(=O)n(Cc3ccccc3F)c2=O)c1. The summed E-state index contributed by atoms with van der Waals surface area (Å²) in [5, 5.41) is 2.50. The number of aromatic amines is 1. The van der Waals surface area contributed by atoms with Crippen molar-refractivity contribution in [3.63, 3.8) is 0 Å². The van der Waals surface area contributed by atoms with Crippen molar-refractivity contribution in [3.05, 3.63) is 92.1 Å². The minimum absolute atomic E-state index is 0.165. The van der Waals surface area contributed by atoms with Crippen molar-refractivity contribution in [3.8, 4) is 0 Å². The van der Waals surface area contributed by atoms with Gasteiger partial charge < -0.3 is 10.3 Å². The first-order valence-corrected chi connectivity index (χ1v) is 7.75. The summed E-state index contributed by atoms with van der Waals surface area (Å²) in [6.07, 6.45) is 2.56. The molecule has 2 heterocycles. The highest BCUT2D eigenvalue weighted by Crippen LogP contribution is 2.08. The highest BCUT2D eigenvalue weighted by atomic mass is 19.1. The van der Waals surface area contributed by atoms with Crippen LogP contribution in [0.1, 0.15) is 21.5 Å². The Hall–Kier alpha value is -3.55. The van der Waals surface area contributed by atoms with Crippen molar-refractivity contribution in [1.82, 2.24) is 14.5 Å². The Morgan fingerprint density at radius 3 is 2.77 bits per heavy atom. The summed E-state index contributed by atoms with van der Waals surface area (Å²) in [6, 6.07) is 9.19. The molecule has 0 atom stereocenters. The van der Waals surface area contributed by atoms with Crippen LogP contribution < -0.4 is 16.6 Å². The molecule has 0 saturated heterocycles. The zero-order valence-electron chi connectivity index (χ0n) is 13.8. The molecule has 0 saturated carbocycles. The van der Waals surface area contributed by atoms with Gasteiger partial charge in [0.25, 0.3) is 11.5 Å². The molecule has 7 nitrogen and oxygen atoms in total. The van der Waals surface area contributed by atoms with E-state index in [0.29, 0.717) is 0 Å². The van der Waals surface area contributed by atoms with Crippen molar-refractivity contribution < 1.29 is 9.18 Å². The number of rotatable bonds is 4. The van der Waals surface area contributed by atoms with Crippen molar-refractivity contribution in [2.45, 2.75) is 13.5 Å². The monoisotopic (exact) mass is 354 g/mol. The van der Waals surface area contributed by atoms with Gasteiger partial charge in [-0.1, -0.05) is 18.2 Å². The van der Waals surface area contributed by atoms with Gasteiger partial charge in [-0.2, -0.15) is 0 Å². The van der Waals surface area contributed by atoms with Crippen LogP contribution in [0.4, 0.5) is 10.2 Å². The molecule has 1 aromatic carbocycles. The lowest BCUT2D eigenvalue weighted by Gasteiger charge is -2.08. The second-order valence-corrected chi connectivity index (χ2v) is 5.66. The van der Waals surface area contributed by atoms with Gasteiger partial charge >= 0.3 is 5.69 Å². The third kappa shape index (κ3) is 3.59. The molecule has 3 rings (SSSR count). The number of pyridine rings is 1. The molecule has 132 valence electrons. The Morgan fingerprint density at radius 2 is 2.04 bits per heavy atom. The molecule has 2 N–H and O–H groups in total. The normalized spacial score (nSPS) is 10.5. The number of hydrogen-bond acceptors (Lipinski definition) is 4. The van der Waals surface area contributed by atoms with Gasteiger partial charge in [-0.3, -0.25) is 14.2 Å². The van der Waals surface area contributed by atoms with Gasteiger partial charge in [-0.15, -0.1) is 0 Å². The van der Waals surface area contributed by atoms with Gasteiger partial charge in [0.1, 0.15) is 17.2 Å². The zero-order chi connectivity index (χ0) is 18.7. The molecule has 0 aliphatic carbocycles. The Morgan fingerprint density at radius 1 is 1.27 bits per heavy atom. The highest BCUT2D eigenvalue weighted by molar-refractivity contribution is 6.03. The fraction of sp³-hybridized carbons (Fsp3) is 0.111. The molecular formula is C18H15FN4O3. The van der Waals surface area contributed by atoms with Crippen LogP contribution in [0.25, 0.3) is 0 Å². The largest absolute Gasteiger partial charge is 0.328 e. The number of carbonyl (C=O) groups excluding carboxylic acids is 1. The van der Waals surface area contributed by atoms with Gasteiger partial charge in [0.15, 0.2) is 0 Å². The van der Waals surface area contributed by atoms with E-state index in [9.17, 15) is 18.8 Å². The van der Waals surface area contributed by atoms with Crippen LogP contribution in [0.5, 0.6) is 0 Å². The van der Waals surface area contributed by atoms with Crippen LogP contribution in [0.3, 0.4) is 0 Å². The summed E-state index contributed by atoms with van der Waals surface area (Å²) in [5.41, 5.74) is -0.776. The number of hydrogen-bond donors (Lipinski definition) is 2. The molecule has 26 heavy (non-hydrogen) atoms. The van der Waals surface area contributed by atoms with Gasteiger partial charge in [-0.05, 0) is 30.7 Å². The van der Waals surface area contributed by atoms with E-state index in [1.807, 2.05) is 6.92 Å². The van der Waals surface area contributed by atoms with Crippen LogP contribution in [0.15, 0.2) is 58.4 Å². The van der Waals surface area contributed by atoms with Crippen molar-refractivity contribution in [2.75, 3.05) is 5.32 Å². The fourth-order valence-electron chi connectivity index (χ4n) is 2.40. The molecule has 0 spiro atoms. The predicted molar refractivity (Wildman–Crippen MR) is 93.8 cm³/mol. The maximum absolute atomic E-state index is 13.8. The Balaban J connectivity index is 1.94. The van der Waals surface area contributed by atoms with Crippen LogP contribution in [-0.2, 0) is 6.54 Å². The number of carbonyl (C=O) groups is 1. The number of aromatic nitrogens is 3. The molecule has 8 heteroatoms. The number of nitrogens with one attached hydrogen (secondary N) is 2. The van der Waals surface area contributed by atoms with Gasteiger partial charge in [-0.25, -0.2) is 14.2 Å². The predicted octanol–water partition coefficient (Wildman–Crippen LogP) is 1.68. The number of H-pyrrole nitrogens is 1. The number of anilines is 1. The van der Waals surface area contributed by atoms with Crippen molar-refractivity contribution in [2.24, 2.45) is 0 Å². The number of halogens is 1. The van der Waals surface area contributed by atoms with Crippen LogP contribution in [-0.4, -0.2) is 20.4 Å². The Bertz CT molecular complexity index is 1090. The van der Waals surface area contributed by atoms with Gasteiger partial charge in [0.05, 0.1) is 6.54 Å². The molecule has 0 unspecified atom stereocenters. The molecule has 0 aliphatic heterocycles. The Kier molecular flexibility index (Phi) is 4.74. The fourth-order valence-corrected chi connectivity index (χ4v) is 2.40. The third-order valence-corrected chi connectivity index (χ3v) is 3.75. The smallest absolute Gasteiger partial charge is 0.313 e. The summed E-state index contributed by atoms with van der Waals surface area (Å²) in [6.45, 7) is 1.55. The van der Waals surface area contributed by atoms with Crippen LogP contribution in [0.2, 0.25) is 0 Å². The first-order valence-electron chi connectivity index (χ1n) is 7.75. The maximum Gasteiger partial charge on any atom is 0.328 e. The molecule has 2 aromatic heterocycles. The maximum atomic E-state index is 13.8. The minimum atomic E-state index is -0.817. The average Bonchev–Trinajstić information content (AvgIpc) is 2.60. The molecule has 3 aromatic rings. The standard InChI is InChI=1S/C18H15FN4O3/c1-11-6-7-20-15(8-11)22-16(24)13-9-21-18(26)23(17(13)25)10-12-4-2-3-5-14(12)19/h2-9H,10H2,1H3,(H,21,26)(H,20,22,24). The molecule has 0 bridgehead atoms. The van der Waals surface area contributed by atoms with E-state index in [1.165, 1.54) is 24.4 Å². The van der Waals surface area contributed by atoms with Gasteiger partial charge in [0.2, 0.25) is 0 Å². The summed E-state index contributed by atoms with van der Waals surface area (Å²) in [7, 11) is 0. The number of aryl methyl sites for hydroxylation is 1. The summed E-state index contributed by atoms with van der Waals surface area (Å²) in [4.78, 5) is 43.2. The lowest BCUT2D eigenvalue weighted by molar-refractivity contribution is 0.102. The summed E-state index contributed by atoms with van der Waals surface area (Å²) in [5.74, 6) is -0.981. The van der Waals surface area contributed by atoms with E-state index in [-0.39, 0.29) is 23.5 Å². The highest BCUT2D eigenvalue weighted by Gasteiger charge is 2.16. The van der Waals surface area contributed by atoms with Crippen LogP contribution >= 0.6 is 0 Å². The number of nitrogens with zero attached hydrogens (tertiary/aromatic N) is 2. The van der Waals surface area contributed by atoms with E-state index in [4.69, 9.17) is 0 Å². The number of benzene rings is 1. The van der Waals surface area contributed by atoms with E-state index in [2.05, 4.69) is 15.3 Å². The van der Waals surface area contributed by atoms with Crippen molar-refractivity contribution >= 4 is 11.7 Å². The minimum Gasteiger partial charge on any atom is -0.313 e. The first-order chi connectivity index (χ1) is 12.5. The quantitative estimate of drug-likeness (QED) is 0.745. The molecule has 0 fully saturated rings. The lowest BCUT2D eigenvalue weighted by atomic mass is 10.2. The third-order valence-electron chi connectivity index (χ3n) is 3.75. The van der Waals surface area contributed by atoms with Crippen LogP contribution in [0, 0.1) is 12.7 Å². The second-order valence-electron chi connectivity index (χ2n) is 5.66. The first kappa shape index (κ1) is 17.3. The topological polar surface area (TPSA) is 96.8 Å². The Labute approximate surface area is 147 Å². The summed E-state index contributed by atoms with van der Waals surface area (Å²) < 4.78 is 14.6. The van der Waals surface area contributed by atoms with E-state index in [1.54, 1.807) is 18.2 Å². The van der Waals surface area contributed by atoms with Gasteiger partial charge in [0, 0.05) is 18.0 Å².